The number of amides is 1. The Morgan fingerprint density at radius 3 is 2.09 bits per heavy atom. The van der Waals surface area contributed by atoms with E-state index >= 15 is 4.39 Å². The molecule has 3 aromatic rings. The molecule has 8 nitrogen and oxygen atoms in total. The van der Waals surface area contributed by atoms with E-state index in [1.54, 1.807) is 12.1 Å². The minimum absolute atomic E-state index is 0.0131. The zero-order chi connectivity index (χ0) is 32.6. The first kappa shape index (κ1) is 34.7. The van der Waals surface area contributed by atoms with Crippen molar-refractivity contribution in [3.8, 4) is 5.75 Å². The first-order valence-electron chi connectivity index (χ1n) is 13.4. The highest BCUT2D eigenvalue weighted by Crippen LogP contribution is 2.34. The number of quaternary nitrogens is 1. The molecular formula is C29H31F6N4O4S+. The van der Waals surface area contributed by atoms with Gasteiger partial charge < -0.3 is 15.7 Å². The fourth-order valence-electron chi connectivity index (χ4n) is 4.76. The summed E-state index contributed by atoms with van der Waals surface area (Å²) < 4.78 is 85.9. The maximum atomic E-state index is 15.2. The zero-order valence-corrected chi connectivity index (χ0v) is 24.4. The van der Waals surface area contributed by atoms with E-state index in [9.17, 15) is 36.6 Å². The quantitative estimate of drug-likeness (QED) is 0.0848. The predicted molar refractivity (Wildman–Crippen MR) is 150 cm³/mol. The fourth-order valence-corrected chi connectivity index (χ4v) is 5.46. The van der Waals surface area contributed by atoms with Gasteiger partial charge in [-0.3, -0.25) is 14.4 Å². The molecule has 0 aliphatic heterocycles. The van der Waals surface area contributed by atoms with Crippen molar-refractivity contribution in [3.63, 3.8) is 0 Å². The van der Waals surface area contributed by atoms with Crippen LogP contribution in [0.2, 0.25) is 0 Å². The predicted octanol–water partition coefficient (Wildman–Crippen LogP) is 4.99. The van der Waals surface area contributed by atoms with E-state index in [1.807, 2.05) is 12.1 Å². The number of carbonyl (C=O) groups is 2. The van der Waals surface area contributed by atoms with Crippen LogP contribution in [0.4, 0.5) is 32.0 Å². The average molecular weight is 646 g/mol. The van der Waals surface area contributed by atoms with E-state index in [2.05, 4.69) is 21.2 Å². The molecule has 7 N–H and O–H groups in total. The third-order valence-electron chi connectivity index (χ3n) is 6.97. The van der Waals surface area contributed by atoms with Crippen molar-refractivity contribution in [1.82, 2.24) is 4.72 Å². The molecular weight excluding hydrogens is 614 g/mol. The van der Waals surface area contributed by atoms with Gasteiger partial charge in [0.1, 0.15) is 22.0 Å². The molecule has 15 heteroatoms. The molecule has 0 spiro atoms. The number of aromatic hydroxyl groups is 1. The number of benzene rings is 3. The van der Waals surface area contributed by atoms with Crippen molar-refractivity contribution in [2.45, 2.75) is 49.5 Å². The lowest BCUT2D eigenvalue weighted by Crippen LogP contribution is -2.51. The van der Waals surface area contributed by atoms with Gasteiger partial charge in [0.25, 0.3) is 0 Å². The molecule has 0 unspecified atom stereocenters. The van der Waals surface area contributed by atoms with Crippen LogP contribution in [0.1, 0.15) is 59.5 Å². The number of anilines is 1. The Morgan fingerprint density at radius 1 is 0.955 bits per heavy atom. The normalized spacial score (nSPS) is 13.2. The number of phenolic OH excluding ortho intramolecular Hbond substituents is 1. The molecule has 0 heterocycles. The summed E-state index contributed by atoms with van der Waals surface area (Å²) in [5.41, 5.74) is 5.19. The summed E-state index contributed by atoms with van der Waals surface area (Å²) in [4.78, 5) is 29.0. The smallest absolute Gasteiger partial charge is 0.400 e. The molecule has 1 amide bonds. The number of nitrogens with zero attached hydrogens (tertiary/aromatic N) is 1. The maximum Gasteiger partial charge on any atom is 0.400 e. The second-order valence-electron chi connectivity index (χ2n) is 9.63. The van der Waals surface area contributed by atoms with Crippen LogP contribution in [0.25, 0.3) is 0 Å². The molecule has 0 aromatic heterocycles. The van der Waals surface area contributed by atoms with Gasteiger partial charge in [-0.1, -0.05) is 43.5 Å². The highest BCUT2D eigenvalue weighted by molar-refractivity contribution is 7.97. The van der Waals surface area contributed by atoms with Crippen LogP contribution in [-0.2, 0) is 16.2 Å². The van der Waals surface area contributed by atoms with Crippen molar-refractivity contribution in [2.75, 3.05) is 18.5 Å². The average Bonchev–Trinajstić information content (AvgIpc) is 3.05. The minimum Gasteiger partial charge on any atom is -0.507 e. The highest BCUT2D eigenvalue weighted by atomic mass is 32.2. The molecule has 4 rings (SSSR count). The SMILES string of the molecule is CN.[NH3+]OC(=O)c1cc(F)c(N(Cc2ccc(C3CCCCC3)cc2)C(=O)CNSc2c(F)c(F)c(F)c(F)c2F)cc1O. The van der Waals surface area contributed by atoms with E-state index in [0.29, 0.717) is 17.5 Å². The van der Waals surface area contributed by atoms with E-state index in [-0.39, 0.29) is 18.5 Å². The lowest BCUT2D eigenvalue weighted by Gasteiger charge is -2.25. The number of carbonyl (C=O) groups excluding carboxylic acids is 2. The Morgan fingerprint density at radius 2 is 1.52 bits per heavy atom. The minimum atomic E-state index is -2.33. The summed E-state index contributed by atoms with van der Waals surface area (Å²) in [5.74, 6) is -11.3. The Kier molecular flexibility index (Phi) is 12.5. The van der Waals surface area contributed by atoms with Crippen molar-refractivity contribution in [2.24, 2.45) is 5.73 Å². The molecule has 1 fully saturated rings. The largest absolute Gasteiger partial charge is 0.507 e. The molecule has 1 aliphatic carbocycles. The van der Waals surface area contributed by atoms with Crippen LogP contribution in [-0.4, -0.2) is 30.6 Å². The second kappa shape index (κ2) is 15.8. The van der Waals surface area contributed by atoms with Gasteiger partial charge in [-0.25, -0.2) is 31.1 Å². The van der Waals surface area contributed by atoms with Gasteiger partial charge in [-0.2, -0.15) is 5.90 Å². The van der Waals surface area contributed by atoms with E-state index in [0.717, 1.165) is 42.2 Å². The number of halogens is 6. The number of hydrogen-bond donors (Lipinski definition) is 4. The van der Waals surface area contributed by atoms with Gasteiger partial charge in [0.2, 0.25) is 11.7 Å². The van der Waals surface area contributed by atoms with Crippen LogP contribution in [0.15, 0.2) is 41.3 Å². The Bertz CT molecular complexity index is 1460. The van der Waals surface area contributed by atoms with Gasteiger partial charge in [0.05, 0.1) is 18.8 Å². The lowest BCUT2D eigenvalue weighted by molar-refractivity contribution is -0.653. The van der Waals surface area contributed by atoms with Crippen LogP contribution >= 0.6 is 11.9 Å². The molecule has 0 saturated heterocycles. The third-order valence-corrected chi connectivity index (χ3v) is 7.82. The molecule has 0 bridgehead atoms. The number of nitrogens with one attached hydrogen (secondary N) is 1. The van der Waals surface area contributed by atoms with Crippen molar-refractivity contribution >= 4 is 29.5 Å². The summed E-state index contributed by atoms with van der Waals surface area (Å²) >= 11 is -0.0131. The van der Waals surface area contributed by atoms with E-state index in [1.165, 1.54) is 13.5 Å². The molecule has 1 saturated carbocycles. The van der Waals surface area contributed by atoms with Crippen molar-refractivity contribution < 1.29 is 51.8 Å². The van der Waals surface area contributed by atoms with Crippen LogP contribution in [0.5, 0.6) is 5.75 Å². The molecule has 1 aliphatic rings. The third kappa shape index (κ3) is 7.83. The Labute approximate surface area is 253 Å². The van der Waals surface area contributed by atoms with Crippen molar-refractivity contribution in [3.05, 3.63) is 88.0 Å². The number of hydrogen-bond acceptors (Lipinski definition) is 7. The Hall–Kier alpha value is -3.79. The standard InChI is InChI=1S/C28H25F6N3O4S.CH5N/c29-18-10-17(28(40)41-35)20(38)11-19(18)37(13-14-6-8-16(9-7-14)15-4-2-1-3-5-15)21(39)12-36-42-27-25(33)23(31)22(30)24(32)26(27)34;1-2/h6-11,15,36H,1-5,12-13H2,35H3;2H2,1H3/p+1. The zero-order valence-electron chi connectivity index (χ0n) is 23.6. The summed E-state index contributed by atoms with van der Waals surface area (Å²) in [7, 11) is 1.50. The van der Waals surface area contributed by atoms with Gasteiger partial charge in [0, 0.05) is 6.07 Å². The molecule has 238 valence electrons. The first-order chi connectivity index (χ1) is 21.0. The van der Waals surface area contributed by atoms with Gasteiger partial charge >= 0.3 is 5.97 Å². The maximum absolute atomic E-state index is 15.2. The number of rotatable bonds is 9. The number of nitrogens with two attached hydrogens (primary N) is 1. The molecule has 3 aromatic carbocycles. The highest BCUT2D eigenvalue weighted by Gasteiger charge is 2.28. The molecule has 0 radical (unpaired) electrons. The van der Waals surface area contributed by atoms with Crippen LogP contribution < -0.4 is 21.3 Å². The topological polar surface area (TPSA) is 133 Å². The second-order valence-corrected chi connectivity index (χ2v) is 10.5. The Balaban J connectivity index is 0.00000259. The summed E-state index contributed by atoms with van der Waals surface area (Å²) in [6.45, 7) is -0.985. The van der Waals surface area contributed by atoms with Gasteiger partial charge in [0.15, 0.2) is 23.3 Å². The fraction of sp³-hybridized carbons (Fsp3) is 0.310. The van der Waals surface area contributed by atoms with Crippen LogP contribution in [0, 0.1) is 34.9 Å². The van der Waals surface area contributed by atoms with E-state index < -0.39 is 75.2 Å². The summed E-state index contributed by atoms with van der Waals surface area (Å²) in [5, 5.41) is 10.3. The monoisotopic (exact) mass is 645 g/mol. The van der Waals surface area contributed by atoms with Gasteiger partial charge in [-0.15, -0.1) is 0 Å². The summed E-state index contributed by atoms with van der Waals surface area (Å²) in [6.07, 6.45) is 5.56. The van der Waals surface area contributed by atoms with Gasteiger partial charge in [-0.05, 0) is 54.9 Å². The molecule has 44 heavy (non-hydrogen) atoms. The first-order valence-corrected chi connectivity index (χ1v) is 14.2. The van der Waals surface area contributed by atoms with Crippen molar-refractivity contribution in [1.29, 1.82) is 0 Å². The summed E-state index contributed by atoms with van der Waals surface area (Å²) in [6, 6.07) is 8.81. The number of phenols is 1. The molecule has 0 atom stereocenters. The van der Waals surface area contributed by atoms with E-state index in [4.69, 9.17) is 0 Å². The lowest BCUT2D eigenvalue weighted by atomic mass is 9.84. The van der Waals surface area contributed by atoms with Crippen LogP contribution in [0.3, 0.4) is 0 Å².